The van der Waals surface area contributed by atoms with Crippen molar-refractivity contribution in [2.45, 2.75) is 26.2 Å². The van der Waals surface area contributed by atoms with Gasteiger partial charge in [0.1, 0.15) is 11.0 Å². The van der Waals surface area contributed by atoms with Crippen LogP contribution in [0.15, 0.2) is 97.1 Å². The third-order valence-corrected chi connectivity index (χ3v) is 6.52. The highest BCUT2D eigenvalue weighted by molar-refractivity contribution is 7.80. The fourth-order valence-corrected chi connectivity index (χ4v) is 4.52. The van der Waals surface area contributed by atoms with Gasteiger partial charge in [-0.05, 0) is 72.1 Å². The highest BCUT2D eigenvalue weighted by atomic mass is 32.1. The number of hydrogen-bond acceptors (Lipinski definition) is 4. The molecule has 0 aliphatic carbocycles. The number of rotatable bonds is 6. The Morgan fingerprint density at radius 1 is 0.865 bits per heavy atom. The van der Waals surface area contributed by atoms with E-state index in [-0.39, 0.29) is 11.0 Å². The number of carbonyl (C=O) groups excluding carboxylic acids is 1. The molecule has 0 aliphatic rings. The van der Waals surface area contributed by atoms with E-state index in [1.165, 1.54) is 5.56 Å². The zero-order chi connectivity index (χ0) is 25.8. The number of aryl methyl sites for hydroxylation is 2. The van der Waals surface area contributed by atoms with Gasteiger partial charge in [-0.3, -0.25) is 4.79 Å². The minimum atomic E-state index is -0.482. The Kier molecular flexibility index (Phi) is 7.05. The summed E-state index contributed by atoms with van der Waals surface area (Å²) in [5, 5.41) is 15.6. The molecule has 7 heteroatoms. The summed E-state index contributed by atoms with van der Waals surface area (Å²) in [5.74, 6) is -0.681. The molecule has 0 spiro atoms. The van der Waals surface area contributed by atoms with Crippen LogP contribution in [0, 0.1) is 6.92 Å². The first-order chi connectivity index (χ1) is 18.0. The van der Waals surface area contributed by atoms with E-state index in [0.717, 1.165) is 45.5 Å². The number of nitrogens with one attached hydrogen (secondary N) is 2. The monoisotopic (exact) mass is 505 g/mol. The van der Waals surface area contributed by atoms with Gasteiger partial charge < -0.3 is 10.6 Å². The minimum absolute atomic E-state index is 0.199. The third kappa shape index (κ3) is 5.42. The van der Waals surface area contributed by atoms with Crippen molar-refractivity contribution in [3.05, 3.63) is 119 Å². The van der Waals surface area contributed by atoms with Crippen LogP contribution in [0.4, 0.5) is 5.69 Å². The largest absolute Gasteiger partial charge is 0.332 e. The van der Waals surface area contributed by atoms with Crippen LogP contribution in [0.25, 0.3) is 16.7 Å². The Bertz CT molecular complexity index is 1510. The first-order valence-electron chi connectivity index (χ1n) is 12.2. The Hall–Kier alpha value is -4.36. The van der Waals surface area contributed by atoms with Gasteiger partial charge in [-0.1, -0.05) is 79.7 Å². The van der Waals surface area contributed by atoms with Crippen molar-refractivity contribution in [3.8, 4) is 5.69 Å². The van der Waals surface area contributed by atoms with Crippen LogP contribution in [0.1, 0.15) is 35.1 Å². The van der Waals surface area contributed by atoms with E-state index >= 15 is 0 Å². The number of fused-ring (bicyclic) bond motifs is 1. The molecule has 37 heavy (non-hydrogen) atoms. The molecule has 0 aliphatic heterocycles. The van der Waals surface area contributed by atoms with E-state index < -0.39 is 5.92 Å². The zero-order valence-corrected chi connectivity index (χ0v) is 21.5. The van der Waals surface area contributed by atoms with E-state index in [4.69, 9.17) is 12.2 Å². The fraction of sp³-hybridized carbons (Fsp3) is 0.133. The Labute approximate surface area is 221 Å². The Balaban J connectivity index is 1.35. The van der Waals surface area contributed by atoms with Crippen molar-refractivity contribution in [1.82, 2.24) is 20.3 Å². The molecule has 4 aromatic carbocycles. The van der Waals surface area contributed by atoms with Gasteiger partial charge in [0.25, 0.3) is 0 Å². The molecule has 0 unspecified atom stereocenters. The number of thiocarbonyl (C=S) groups is 1. The molecule has 0 saturated carbocycles. The zero-order valence-electron chi connectivity index (χ0n) is 20.7. The van der Waals surface area contributed by atoms with Crippen LogP contribution >= 0.6 is 12.2 Å². The topological polar surface area (TPSA) is 71.8 Å². The number of benzene rings is 4. The van der Waals surface area contributed by atoms with Crippen LogP contribution in [0.5, 0.6) is 0 Å². The lowest BCUT2D eigenvalue weighted by atomic mass is 9.90. The van der Waals surface area contributed by atoms with Gasteiger partial charge in [0, 0.05) is 5.69 Å². The average Bonchev–Trinajstić information content (AvgIpc) is 3.33. The van der Waals surface area contributed by atoms with E-state index in [9.17, 15) is 4.79 Å². The van der Waals surface area contributed by atoms with E-state index in [1.54, 1.807) is 4.80 Å². The molecule has 6 nitrogen and oxygen atoms in total. The van der Waals surface area contributed by atoms with Crippen molar-refractivity contribution in [2.24, 2.45) is 0 Å². The van der Waals surface area contributed by atoms with Gasteiger partial charge in [-0.2, -0.15) is 4.80 Å². The average molecular weight is 506 g/mol. The molecule has 0 atom stereocenters. The second-order valence-corrected chi connectivity index (χ2v) is 9.27. The summed E-state index contributed by atoms with van der Waals surface area (Å²) in [6, 6.07) is 31.5. The van der Waals surface area contributed by atoms with E-state index in [1.807, 2.05) is 91.9 Å². The van der Waals surface area contributed by atoms with Gasteiger partial charge in [0.05, 0.1) is 11.6 Å². The third-order valence-electron chi connectivity index (χ3n) is 6.31. The summed E-state index contributed by atoms with van der Waals surface area (Å²) < 4.78 is 0. The Morgan fingerprint density at radius 3 is 2.00 bits per heavy atom. The Morgan fingerprint density at radius 2 is 1.43 bits per heavy atom. The normalized spacial score (nSPS) is 11.0. The smallest absolute Gasteiger partial charge is 0.238 e. The number of amides is 1. The summed E-state index contributed by atoms with van der Waals surface area (Å²) in [6.45, 7) is 4.10. The molecule has 1 amide bonds. The van der Waals surface area contributed by atoms with Crippen molar-refractivity contribution < 1.29 is 4.79 Å². The molecular formula is C30H27N5OS. The lowest BCUT2D eigenvalue weighted by molar-refractivity contribution is -0.120. The van der Waals surface area contributed by atoms with Gasteiger partial charge >= 0.3 is 0 Å². The van der Waals surface area contributed by atoms with Gasteiger partial charge in [-0.25, -0.2) is 0 Å². The first kappa shape index (κ1) is 24.3. The molecule has 5 rings (SSSR count). The number of aromatic nitrogens is 3. The molecule has 1 heterocycles. The second kappa shape index (κ2) is 10.7. The van der Waals surface area contributed by atoms with E-state index in [0.29, 0.717) is 0 Å². The van der Waals surface area contributed by atoms with Crippen molar-refractivity contribution in [2.75, 3.05) is 5.32 Å². The molecule has 2 N–H and O–H groups in total. The van der Waals surface area contributed by atoms with E-state index in [2.05, 4.69) is 39.9 Å². The van der Waals surface area contributed by atoms with Gasteiger partial charge in [0.15, 0.2) is 5.11 Å². The molecular weight excluding hydrogens is 478 g/mol. The van der Waals surface area contributed by atoms with Crippen molar-refractivity contribution in [1.29, 1.82) is 0 Å². The van der Waals surface area contributed by atoms with Crippen LogP contribution in [0.3, 0.4) is 0 Å². The number of nitrogens with zero attached hydrogens (tertiary/aromatic N) is 3. The van der Waals surface area contributed by atoms with Crippen LogP contribution in [0.2, 0.25) is 0 Å². The molecule has 184 valence electrons. The maximum atomic E-state index is 13.4. The molecule has 1 aromatic heterocycles. The van der Waals surface area contributed by atoms with Crippen LogP contribution in [-0.4, -0.2) is 26.0 Å². The van der Waals surface area contributed by atoms with Crippen molar-refractivity contribution in [3.63, 3.8) is 0 Å². The molecule has 0 radical (unpaired) electrons. The molecule has 0 saturated heterocycles. The summed E-state index contributed by atoms with van der Waals surface area (Å²) in [5.41, 5.74) is 7.18. The van der Waals surface area contributed by atoms with Crippen LogP contribution in [-0.2, 0) is 11.2 Å². The first-order valence-corrected chi connectivity index (χ1v) is 12.6. The maximum Gasteiger partial charge on any atom is 0.238 e. The SMILES string of the molecule is CCc1ccc(-n2nc3cc(C)c(NC(=S)NC(=O)C(c4ccccc4)c4ccccc4)cc3n2)cc1. The fourth-order valence-electron chi connectivity index (χ4n) is 4.31. The number of carbonyl (C=O) groups is 1. The highest BCUT2D eigenvalue weighted by Crippen LogP contribution is 2.26. The summed E-state index contributed by atoms with van der Waals surface area (Å²) in [6.07, 6.45) is 0.983. The second-order valence-electron chi connectivity index (χ2n) is 8.86. The minimum Gasteiger partial charge on any atom is -0.332 e. The number of hydrogen-bond donors (Lipinski definition) is 2. The summed E-state index contributed by atoms with van der Waals surface area (Å²) in [7, 11) is 0. The highest BCUT2D eigenvalue weighted by Gasteiger charge is 2.23. The predicted octanol–water partition coefficient (Wildman–Crippen LogP) is 5.94. The van der Waals surface area contributed by atoms with Gasteiger partial charge in [-0.15, -0.1) is 10.2 Å². The summed E-state index contributed by atoms with van der Waals surface area (Å²) in [4.78, 5) is 15.0. The maximum absolute atomic E-state index is 13.4. The van der Waals surface area contributed by atoms with Gasteiger partial charge in [0.2, 0.25) is 5.91 Å². The molecule has 0 bridgehead atoms. The molecule has 5 aromatic rings. The lowest BCUT2D eigenvalue weighted by Gasteiger charge is -2.19. The molecule has 0 fully saturated rings. The standard InChI is InChI=1S/C30H27N5OS/c1-3-21-14-16-24(17-15-21)35-33-26-18-20(2)25(19-27(26)34-35)31-30(37)32-29(36)28(22-10-6-4-7-11-22)23-12-8-5-9-13-23/h4-19,28H,3H2,1-2H3,(H2,31,32,36,37). The summed E-state index contributed by atoms with van der Waals surface area (Å²) >= 11 is 5.53. The predicted molar refractivity (Wildman–Crippen MR) is 152 cm³/mol. The lowest BCUT2D eigenvalue weighted by Crippen LogP contribution is -2.38. The quantitative estimate of drug-likeness (QED) is 0.280. The van der Waals surface area contributed by atoms with Crippen molar-refractivity contribution >= 4 is 40.0 Å². The number of anilines is 1. The van der Waals surface area contributed by atoms with Crippen LogP contribution < -0.4 is 10.6 Å².